The smallest absolute Gasteiger partial charge is 0.231 e. The van der Waals surface area contributed by atoms with Crippen molar-refractivity contribution in [3.63, 3.8) is 0 Å². The lowest BCUT2D eigenvalue weighted by Gasteiger charge is -2.27. The number of anilines is 3. The van der Waals surface area contributed by atoms with Crippen molar-refractivity contribution in [2.24, 2.45) is 0 Å². The third-order valence-corrected chi connectivity index (χ3v) is 3.15. The summed E-state index contributed by atoms with van der Waals surface area (Å²) in [7, 11) is 5.92. The molecule has 0 bridgehead atoms. The highest BCUT2D eigenvalue weighted by atomic mass is 15.3. The molecule has 6 nitrogen and oxygen atoms in total. The lowest BCUT2D eigenvalue weighted by atomic mass is 10.1. The highest BCUT2D eigenvalue weighted by Crippen LogP contribution is 2.18. The Bertz CT molecular complexity index is 389. The Labute approximate surface area is 116 Å². The molecule has 0 saturated heterocycles. The normalized spacial score (nSPS) is 10.7. The maximum absolute atomic E-state index is 4.52. The van der Waals surface area contributed by atoms with Gasteiger partial charge in [-0.1, -0.05) is 13.8 Å². The van der Waals surface area contributed by atoms with Gasteiger partial charge in [-0.3, -0.25) is 0 Å². The third-order valence-electron chi connectivity index (χ3n) is 3.15. The molecule has 0 atom stereocenters. The Morgan fingerprint density at radius 3 is 2.00 bits per heavy atom. The summed E-state index contributed by atoms with van der Waals surface area (Å²) < 4.78 is 0. The first kappa shape index (κ1) is 15.5. The molecule has 0 aliphatic heterocycles. The summed E-state index contributed by atoms with van der Waals surface area (Å²) in [6, 6.07) is 0.451. The second kappa shape index (κ2) is 7.11. The number of hydrogen-bond acceptors (Lipinski definition) is 6. The average Bonchev–Trinajstić information content (AvgIpc) is 2.40. The number of aromatic nitrogens is 3. The quantitative estimate of drug-likeness (QED) is 0.814. The fraction of sp³-hybridized carbons (Fsp3) is 0.769. The van der Waals surface area contributed by atoms with Gasteiger partial charge >= 0.3 is 0 Å². The third kappa shape index (κ3) is 3.94. The molecule has 1 rings (SSSR count). The van der Waals surface area contributed by atoms with Crippen LogP contribution in [0.5, 0.6) is 0 Å². The van der Waals surface area contributed by atoms with Gasteiger partial charge in [0, 0.05) is 33.7 Å². The van der Waals surface area contributed by atoms with Crippen LogP contribution >= 0.6 is 0 Å². The molecule has 0 aliphatic carbocycles. The van der Waals surface area contributed by atoms with Crippen LogP contribution in [0, 0.1) is 0 Å². The molecule has 19 heavy (non-hydrogen) atoms. The SMILES string of the molecule is CCNc1nc(N(C)C)nc(N(C)C(CC)CC)n1. The van der Waals surface area contributed by atoms with Gasteiger partial charge in [0.05, 0.1) is 0 Å². The van der Waals surface area contributed by atoms with Crippen LogP contribution in [0.15, 0.2) is 0 Å². The van der Waals surface area contributed by atoms with Gasteiger partial charge in [0.1, 0.15) is 0 Å². The van der Waals surface area contributed by atoms with E-state index in [0.29, 0.717) is 17.9 Å². The van der Waals surface area contributed by atoms with Crippen molar-refractivity contribution in [2.75, 3.05) is 42.8 Å². The van der Waals surface area contributed by atoms with E-state index in [-0.39, 0.29) is 0 Å². The van der Waals surface area contributed by atoms with Crippen LogP contribution in [0.3, 0.4) is 0 Å². The monoisotopic (exact) mass is 266 g/mol. The molecule has 0 radical (unpaired) electrons. The topological polar surface area (TPSA) is 57.2 Å². The predicted molar refractivity (Wildman–Crippen MR) is 81.1 cm³/mol. The molecule has 108 valence electrons. The zero-order valence-electron chi connectivity index (χ0n) is 12.9. The molecule has 1 N–H and O–H groups in total. The molecule has 0 fully saturated rings. The summed E-state index contributed by atoms with van der Waals surface area (Å²) in [6.45, 7) is 7.20. The van der Waals surface area contributed by atoms with Gasteiger partial charge in [-0.25, -0.2) is 0 Å². The van der Waals surface area contributed by atoms with Crippen LogP contribution < -0.4 is 15.1 Å². The Hall–Kier alpha value is -1.59. The van der Waals surface area contributed by atoms with E-state index in [2.05, 4.69) is 39.0 Å². The van der Waals surface area contributed by atoms with E-state index in [1.807, 2.05) is 33.0 Å². The summed E-state index contributed by atoms with van der Waals surface area (Å²) in [6.07, 6.45) is 2.15. The summed E-state index contributed by atoms with van der Waals surface area (Å²) >= 11 is 0. The molecular formula is C13H26N6. The Morgan fingerprint density at radius 2 is 1.53 bits per heavy atom. The van der Waals surface area contributed by atoms with Gasteiger partial charge in [0.25, 0.3) is 0 Å². The number of nitrogens with zero attached hydrogens (tertiary/aromatic N) is 5. The zero-order valence-corrected chi connectivity index (χ0v) is 12.9. The van der Waals surface area contributed by atoms with Gasteiger partial charge in [0.15, 0.2) is 0 Å². The van der Waals surface area contributed by atoms with E-state index in [1.54, 1.807) is 0 Å². The van der Waals surface area contributed by atoms with Crippen LogP contribution in [0.1, 0.15) is 33.6 Å². The Balaban J connectivity index is 3.10. The second-order valence-corrected chi connectivity index (χ2v) is 4.76. The van der Waals surface area contributed by atoms with Crippen LogP contribution in [0.25, 0.3) is 0 Å². The molecular weight excluding hydrogens is 240 g/mol. The van der Waals surface area contributed by atoms with Crippen molar-refractivity contribution in [1.29, 1.82) is 0 Å². The highest BCUT2D eigenvalue weighted by Gasteiger charge is 2.16. The van der Waals surface area contributed by atoms with E-state index in [0.717, 1.165) is 25.3 Å². The van der Waals surface area contributed by atoms with E-state index < -0.39 is 0 Å². The van der Waals surface area contributed by atoms with Gasteiger partial charge in [-0.05, 0) is 19.8 Å². The first-order valence-electron chi connectivity index (χ1n) is 6.93. The van der Waals surface area contributed by atoms with Crippen molar-refractivity contribution in [1.82, 2.24) is 15.0 Å². The maximum atomic E-state index is 4.52. The molecule has 1 aromatic rings. The average molecular weight is 266 g/mol. The van der Waals surface area contributed by atoms with Gasteiger partial charge in [-0.2, -0.15) is 15.0 Å². The van der Waals surface area contributed by atoms with Crippen molar-refractivity contribution in [3.05, 3.63) is 0 Å². The van der Waals surface area contributed by atoms with Gasteiger partial charge in [-0.15, -0.1) is 0 Å². The second-order valence-electron chi connectivity index (χ2n) is 4.76. The zero-order chi connectivity index (χ0) is 14.4. The summed E-state index contributed by atoms with van der Waals surface area (Å²) in [5.41, 5.74) is 0. The minimum Gasteiger partial charge on any atom is -0.354 e. The molecule has 1 heterocycles. The van der Waals surface area contributed by atoms with Crippen LogP contribution in [0.2, 0.25) is 0 Å². The standard InChI is InChI=1S/C13H26N6/c1-7-10(8-2)19(6)13-16-11(14-9-3)15-12(17-13)18(4)5/h10H,7-9H2,1-6H3,(H,14,15,16,17). The molecule has 1 aromatic heterocycles. The first-order valence-corrected chi connectivity index (χ1v) is 6.93. The number of rotatable bonds is 7. The molecule has 0 aliphatic rings. The highest BCUT2D eigenvalue weighted by molar-refractivity contribution is 5.44. The summed E-state index contributed by atoms with van der Waals surface area (Å²) in [5, 5.41) is 3.16. The van der Waals surface area contributed by atoms with Crippen molar-refractivity contribution >= 4 is 17.8 Å². The Kier molecular flexibility index (Phi) is 5.79. The van der Waals surface area contributed by atoms with Crippen molar-refractivity contribution in [3.8, 4) is 0 Å². The van der Waals surface area contributed by atoms with Crippen LogP contribution in [0.4, 0.5) is 17.8 Å². The van der Waals surface area contributed by atoms with Crippen LogP contribution in [-0.4, -0.2) is 48.7 Å². The molecule has 0 amide bonds. The molecule has 0 aromatic carbocycles. The number of nitrogens with one attached hydrogen (secondary N) is 1. The fourth-order valence-electron chi connectivity index (χ4n) is 1.95. The van der Waals surface area contributed by atoms with Gasteiger partial charge in [0.2, 0.25) is 17.8 Å². The number of hydrogen-bond donors (Lipinski definition) is 1. The summed E-state index contributed by atoms with van der Waals surface area (Å²) in [4.78, 5) is 17.4. The minimum absolute atomic E-state index is 0.451. The van der Waals surface area contributed by atoms with Crippen LogP contribution in [-0.2, 0) is 0 Å². The Morgan fingerprint density at radius 1 is 0.947 bits per heavy atom. The fourth-order valence-corrected chi connectivity index (χ4v) is 1.95. The summed E-state index contributed by atoms with van der Waals surface area (Å²) in [5.74, 6) is 2.04. The molecule has 0 saturated carbocycles. The van der Waals surface area contributed by atoms with E-state index in [1.165, 1.54) is 0 Å². The first-order chi connectivity index (χ1) is 9.03. The predicted octanol–water partition coefficient (Wildman–Crippen LogP) is 1.99. The largest absolute Gasteiger partial charge is 0.354 e. The minimum atomic E-state index is 0.451. The molecule has 6 heteroatoms. The van der Waals surface area contributed by atoms with E-state index in [4.69, 9.17) is 0 Å². The lowest BCUT2D eigenvalue weighted by molar-refractivity contribution is 0.580. The van der Waals surface area contributed by atoms with E-state index >= 15 is 0 Å². The van der Waals surface area contributed by atoms with E-state index in [9.17, 15) is 0 Å². The van der Waals surface area contributed by atoms with Crippen molar-refractivity contribution in [2.45, 2.75) is 39.7 Å². The lowest BCUT2D eigenvalue weighted by Crippen LogP contribution is -2.32. The molecule has 0 spiro atoms. The van der Waals surface area contributed by atoms with Crippen molar-refractivity contribution < 1.29 is 0 Å². The maximum Gasteiger partial charge on any atom is 0.231 e. The molecule has 0 unspecified atom stereocenters. The van der Waals surface area contributed by atoms with Gasteiger partial charge < -0.3 is 15.1 Å².